The summed E-state index contributed by atoms with van der Waals surface area (Å²) in [4.78, 5) is 29.2. The number of rotatable bonds is 12. The summed E-state index contributed by atoms with van der Waals surface area (Å²) in [7, 11) is 0. The Morgan fingerprint density at radius 1 is 1.11 bits per heavy atom. The largest absolute Gasteiger partial charge is 0.382 e. The molecule has 3 aromatic rings. The summed E-state index contributed by atoms with van der Waals surface area (Å²) in [6.45, 7) is 9.45. The van der Waals surface area contributed by atoms with Crippen molar-refractivity contribution in [3.05, 3.63) is 53.9 Å². The minimum atomic E-state index is -0.469. The van der Waals surface area contributed by atoms with Gasteiger partial charge in [-0.2, -0.15) is 0 Å². The van der Waals surface area contributed by atoms with E-state index < -0.39 is 5.25 Å². The zero-order valence-electron chi connectivity index (χ0n) is 20.6. The van der Waals surface area contributed by atoms with E-state index in [0.29, 0.717) is 30.7 Å². The second-order valence-electron chi connectivity index (χ2n) is 8.04. The van der Waals surface area contributed by atoms with Gasteiger partial charge in [-0.05, 0) is 57.4 Å². The highest BCUT2D eigenvalue weighted by atomic mass is 32.2. The van der Waals surface area contributed by atoms with Crippen molar-refractivity contribution in [2.75, 3.05) is 25.1 Å². The first-order valence-corrected chi connectivity index (χ1v) is 12.5. The highest BCUT2D eigenvalue weighted by Gasteiger charge is 2.21. The Labute approximate surface area is 210 Å². The van der Waals surface area contributed by atoms with Crippen molar-refractivity contribution in [2.45, 2.75) is 51.1 Å². The lowest BCUT2D eigenvalue weighted by Crippen LogP contribution is -2.37. The number of ether oxygens (including phenoxy) is 1. The Balaban J connectivity index is 1.62. The summed E-state index contributed by atoms with van der Waals surface area (Å²) in [6, 6.07) is 9.57. The topological polar surface area (TPSA) is 111 Å². The Morgan fingerprint density at radius 3 is 2.51 bits per heavy atom. The van der Waals surface area contributed by atoms with Crippen molar-refractivity contribution in [1.29, 1.82) is 0 Å². The van der Waals surface area contributed by atoms with Gasteiger partial charge >= 0.3 is 0 Å². The molecule has 2 amide bonds. The molecule has 9 nitrogen and oxygen atoms in total. The van der Waals surface area contributed by atoms with Crippen LogP contribution >= 0.6 is 11.8 Å². The number of carbonyl (C=O) groups is 2. The van der Waals surface area contributed by atoms with Crippen LogP contribution in [0.2, 0.25) is 0 Å². The van der Waals surface area contributed by atoms with E-state index in [1.165, 1.54) is 11.8 Å². The van der Waals surface area contributed by atoms with E-state index in [2.05, 4.69) is 25.8 Å². The number of aryl methyl sites for hydroxylation is 2. The van der Waals surface area contributed by atoms with Gasteiger partial charge in [0.25, 0.3) is 0 Å². The number of anilines is 1. The molecule has 0 spiro atoms. The van der Waals surface area contributed by atoms with Gasteiger partial charge in [-0.25, -0.2) is 0 Å². The van der Waals surface area contributed by atoms with Gasteiger partial charge in [0.15, 0.2) is 11.0 Å². The zero-order chi connectivity index (χ0) is 25.2. The van der Waals surface area contributed by atoms with Crippen LogP contribution in [-0.4, -0.2) is 56.6 Å². The Bertz CT molecular complexity index is 1120. The van der Waals surface area contributed by atoms with Gasteiger partial charge < -0.3 is 19.9 Å². The second kappa shape index (κ2) is 13.0. The van der Waals surface area contributed by atoms with Crippen LogP contribution in [0.4, 0.5) is 5.69 Å². The Hall–Kier alpha value is -3.24. The first kappa shape index (κ1) is 26.4. The van der Waals surface area contributed by atoms with Crippen LogP contribution in [0.3, 0.4) is 0 Å². The van der Waals surface area contributed by atoms with Crippen LogP contribution in [0.15, 0.2) is 47.9 Å². The lowest BCUT2D eigenvalue weighted by Gasteiger charge is -2.15. The molecule has 0 saturated heterocycles. The number of amides is 2. The normalized spacial score (nSPS) is 11.8. The molecule has 186 valence electrons. The molecule has 3 rings (SSSR count). The van der Waals surface area contributed by atoms with Gasteiger partial charge in [0.1, 0.15) is 0 Å². The number of nitrogens with one attached hydrogen (secondary N) is 2. The SMILES string of the molecule is CCOCCCn1c(S[C@@H](C)C(=O)NCC(=O)Nc2c(C)cccc2C)nnc1-c1ccncc1. The number of aromatic nitrogens is 4. The Morgan fingerprint density at radius 2 is 1.83 bits per heavy atom. The third-order valence-electron chi connectivity index (χ3n) is 5.35. The fraction of sp³-hybridized carbons (Fsp3) is 0.400. The molecule has 2 aromatic heterocycles. The average molecular weight is 497 g/mol. The van der Waals surface area contributed by atoms with E-state index in [9.17, 15) is 9.59 Å². The number of para-hydroxylation sites is 1. The highest BCUT2D eigenvalue weighted by Crippen LogP contribution is 2.27. The van der Waals surface area contributed by atoms with E-state index in [1.54, 1.807) is 19.3 Å². The molecular formula is C25H32N6O3S. The van der Waals surface area contributed by atoms with Crippen molar-refractivity contribution in [3.63, 3.8) is 0 Å². The first-order chi connectivity index (χ1) is 16.9. The zero-order valence-corrected chi connectivity index (χ0v) is 21.4. The van der Waals surface area contributed by atoms with E-state index >= 15 is 0 Å². The lowest BCUT2D eigenvalue weighted by molar-refractivity contribution is -0.123. The number of carbonyl (C=O) groups excluding carboxylic acids is 2. The molecular weight excluding hydrogens is 464 g/mol. The molecule has 0 fully saturated rings. The number of nitrogens with zero attached hydrogens (tertiary/aromatic N) is 4. The maximum absolute atomic E-state index is 12.7. The van der Waals surface area contributed by atoms with E-state index in [4.69, 9.17) is 4.74 Å². The quantitative estimate of drug-likeness (QED) is 0.291. The second-order valence-corrected chi connectivity index (χ2v) is 9.35. The molecule has 2 heterocycles. The minimum Gasteiger partial charge on any atom is -0.382 e. The maximum atomic E-state index is 12.7. The third kappa shape index (κ3) is 7.37. The molecule has 2 N–H and O–H groups in total. The van der Waals surface area contributed by atoms with Crippen LogP contribution in [-0.2, 0) is 20.9 Å². The summed E-state index contributed by atoms with van der Waals surface area (Å²) < 4.78 is 7.47. The van der Waals surface area contributed by atoms with Crippen molar-refractivity contribution in [1.82, 2.24) is 25.1 Å². The average Bonchev–Trinajstić information content (AvgIpc) is 3.25. The molecule has 1 aromatic carbocycles. The molecule has 1 atom stereocenters. The summed E-state index contributed by atoms with van der Waals surface area (Å²) >= 11 is 1.31. The predicted octanol–water partition coefficient (Wildman–Crippen LogP) is 3.62. The van der Waals surface area contributed by atoms with Gasteiger partial charge in [0.05, 0.1) is 11.8 Å². The molecule has 35 heavy (non-hydrogen) atoms. The molecule has 0 unspecified atom stereocenters. The van der Waals surface area contributed by atoms with Crippen LogP contribution in [0, 0.1) is 13.8 Å². The van der Waals surface area contributed by atoms with E-state index in [1.807, 2.05) is 55.7 Å². The van der Waals surface area contributed by atoms with Gasteiger partial charge in [0.2, 0.25) is 11.8 Å². The van der Waals surface area contributed by atoms with Gasteiger partial charge in [-0.1, -0.05) is 30.0 Å². The number of thioether (sulfide) groups is 1. The fourth-order valence-corrected chi connectivity index (χ4v) is 4.38. The summed E-state index contributed by atoms with van der Waals surface area (Å²) in [6.07, 6.45) is 4.21. The molecule has 0 saturated carbocycles. The van der Waals surface area contributed by atoms with Crippen LogP contribution < -0.4 is 10.6 Å². The molecule has 0 aliphatic rings. The van der Waals surface area contributed by atoms with Gasteiger partial charge in [0, 0.05) is 43.4 Å². The van der Waals surface area contributed by atoms with Crippen LogP contribution in [0.5, 0.6) is 0 Å². The standard InChI is InChI=1S/C25H32N6O3S/c1-5-34-15-7-14-31-23(20-10-12-26-13-11-20)29-30-25(31)35-19(4)24(33)27-16-21(32)28-22-17(2)8-6-9-18(22)3/h6,8-13,19H,5,7,14-16H2,1-4H3,(H,27,33)(H,28,32)/t19-/m0/s1. The smallest absolute Gasteiger partial charge is 0.243 e. The van der Waals surface area contributed by atoms with Gasteiger partial charge in [-0.15, -0.1) is 10.2 Å². The summed E-state index contributed by atoms with van der Waals surface area (Å²) in [5.41, 5.74) is 3.62. The molecule has 0 bridgehead atoms. The van der Waals surface area contributed by atoms with Crippen LogP contribution in [0.25, 0.3) is 11.4 Å². The number of hydrogen-bond acceptors (Lipinski definition) is 7. The summed E-state index contributed by atoms with van der Waals surface area (Å²) in [5, 5.41) is 14.5. The minimum absolute atomic E-state index is 0.110. The van der Waals surface area contributed by atoms with Crippen molar-refractivity contribution in [3.8, 4) is 11.4 Å². The Kier molecular flexibility index (Phi) is 9.80. The van der Waals surface area contributed by atoms with Crippen molar-refractivity contribution in [2.24, 2.45) is 0 Å². The molecule has 0 aliphatic heterocycles. The monoisotopic (exact) mass is 496 g/mol. The first-order valence-electron chi connectivity index (χ1n) is 11.6. The van der Waals surface area contributed by atoms with E-state index in [0.717, 1.165) is 28.8 Å². The lowest BCUT2D eigenvalue weighted by atomic mass is 10.1. The third-order valence-corrected chi connectivity index (χ3v) is 6.43. The number of benzene rings is 1. The van der Waals surface area contributed by atoms with Crippen LogP contribution in [0.1, 0.15) is 31.4 Å². The summed E-state index contributed by atoms with van der Waals surface area (Å²) in [5.74, 6) is 0.194. The molecule has 10 heteroatoms. The van der Waals surface area contributed by atoms with E-state index in [-0.39, 0.29) is 18.4 Å². The number of pyridine rings is 1. The van der Waals surface area contributed by atoms with Crippen molar-refractivity contribution >= 4 is 29.3 Å². The molecule has 0 aliphatic carbocycles. The maximum Gasteiger partial charge on any atom is 0.243 e. The van der Waals surface area contributed by atoms with Gasteiger partial charge in [-0.3, -0.25) is 14.6 Å². The predicted molar refractivity (Wildman–Crippen MR) is 137 cm³/mol. The van der Waals surface area contributed by atoms with Crippen molar-refractivity contribution < 1.29 is 14.3 Å². The highest BCUT2D eigenvalue weighted by molar-refractivity contribution is 8.00. The number of hydrogen-bond donors (Lipinski definition) is 2. The molecule has 0 radical (unpaired) electrons. The fourth-order valence-electron chi connectivity index (χ4n) is 3.48.